The fourth-order valence-electron chi connectivity index (χ4n) is 4.70. The van der Waals surface area contributed by atoms with Crippen LogP contribution in [0.3, 0.4) is 0 Å². The van der Waals surface area contributed by atoms with Gasteiger partial charge in [0.15, 0.2) is 0 Å². The van der Waals surface area contributed by atoms with Gasteiger partial charge in [-0.25, -0.2) is 0 Å². The molecule has 26 heavy (non-hydrogen) atoms. The maximum Gasteiger partial charge on any atom is 0.230 e. The van der Waals surface area contributed by atoms with Gasteiger partial charge in [-0.1, -0.05) is 30.3 Å². The molecular formula is C21H28N4O. The van der Waals surface area contributed by atoms with Crippen molar-refractivity contribution in [1.29, 1.82) is 0 Å². The van der Waals surface area contributed by atoms with Gasteiger partial charge in [-0.3, -0.25) is 9.48 Å². The Bertz CT molecular complexity index is 775. The highest BCUT2D eigenvalue weighted by atomic mass is 16.2. The van der Waals surface area contributed by atoms with Gasteiger partial charge in [-0.2, -0.15) is 5.10 Å². The number of aromatic nitrogens is 2. The van der Waals surface area contributed by atoms with Crippen molar-refractivity contribution in [2.24, 2.45) is 12.8 Å². The van der Waals surface area contributed by atoms with Crippen LogP contribution in [0.1, 0.15) is 48.4 Å². The zero-order valence-corrected chi connectivity index (χ0v) is 15.5. The van der Waals surface area contributed by atoms with Gasteiger partial charge in [0.05, 0.1) is 11.6 Å². The van der Waals surface area contributed by atoms with E-state index in [9.17, 15) is 4.79 Å². The molecule has 2 aromatic rings. The Morgan fingerprint density at radius 2 is 2.00 bits per heavy atom. The van der Waals surface area contributed by atoms with Crippen molar-refractivity contribution in [2.75, 3.05) is 19.6 Å². The number of hydrogen-bond donors (Lipinski definition) is 1. The van der Waals surface area contributed by atoms with Crippen LogP contribution < -0.4 is 5.73 Å². The van der Waals surface area contributed by atoms with Gasteiger partial charge in [0.2, 0.25) is 5.91 Å². The number of piperidine rings is 1. The standard InChI is InChI=1S/C21H28N4O/c1-24-14-18-17(8-5-9-19(18)23-24)20(26)25-12-10-21(15-22,11-13-25)16-6-3-2-4-7-16/h2-4,6-7,14,17H,5,8-13,15,22H2,1H3/t17-/m1/s1. The number of hydrogen-bond acceptors (Lipinski definition) is 3. The van der Waals surface area contributed by atoms with Gasteiger partial charge >= 0.3 is 0 Å². The molecule has 0 radical (unpaired) electrons. The normalized spacial score (nSPS) is 22.1. The quantitative estimate of drug-likeness (QED) is 0.922. The summed E-state index contributed by atoms with van der Waals surface area (Å²) in [4.78, 5) is 15.3. The summed E-state index contributed by atoms with van der Waals surface area (Å²) in [6.45, 7) is 2.21. The number of carbonyl (C=O) groups is 1. The zero-order chi connectivity index (χ0) is 18.1. The Balaban J connectivity index is 1.49. The molecule has 0 bridgehead atoms. The van der Waals surface area contributed by atoms with Crippen molar-refractivity contribution in [2.45, 2.75) is 43.4 Å². The Kier molecular flexibility index (Phi) is 4.57. The first-order valence-electron chi connectivity index (χ1n) is 9.70. The van der Waals surface area contributed by atoms with Crippen molar-refractivity contribution in [3.63, 3.8) is 0 Å². The minimum Gasteiger partial charge on any atom is -0.342 e. The van der Waals surface area contributed by atoms with E-state index in [1.54, 1.807) is 0 Å². The number of likely N-dealkylation sites (tertiary alicyclic amines) is 1. The molecule has 5 heteroatoms. The third-order valence-corrected chi connectivity index (χ3v) is 6.33. The fraction of sp³-hybridized carbons (Fsp3) is 0.524. The average Bonchev–Trinajstić information content (AvgIpc) is 3.08. The lowest BCUT2D eigenvalue weighted by molar-refractivity contribution is -0.134. The predicted octanol–water partition coefficient (Wildman–Crippen LogP) is 2.36. The minimum atomic E-state index is -0.0189. The van der Waals surface area contributed by atoms with E-state index in [0.717, 1.165) is 56.5 Å². The lowest BCUT2D eigenvalue weighted by Gasteiger charge is -2.42. The van der Waals surface area contributed by atoms with E-state index in [4.69, 9.17) is 5.73 Å². The summed E-state index contributed by atoms with van der Waals surface area (Å²) < 4.78 is 1.85. The van der Waals surface area contributed by atoms with E-state index in [1.807, 2.05) is 24.0 Å². The summed E-state index contributed by atoms with van der Waals surface area (Å²) in [5, 5.41) is 4.53. The Hall–Kier alpha value is -2.14. The summed E-state index contributed by atoms with van der Waals surface area (Å²) >= 11 is 0. The minimum absolute atomic E-state index is 0.00404. The third kappa shape index (κ3) is 2.94. The molecule has 2 N–H and O–H groups in total. The van der Waals surface area contributed by atoms with Crippen LogP contribution in [-0.4, -0.2) is 40.2 Å². The number of benzene rings is 1. The van der Waals surface area contributed by atoms with Crippen molar-refractivity contribution in [3.05, 3.63) is 53.3 Å². The van der Waals surface area contributed by atoms with Gasteiger partial charge in [0.25, 0.3) is 0 Å². The Labute approximate surface area is 155 Å². The van der Waals surface area contributed by atoms with Crippen molar-refractivity contribution in [1.82, 2.24) is 14.7 Å². The molecule has 0 spiro atoms. The molecule has 1 fully saturated rings. The van der Waals surface area contributed by atoms with E-state index in [0.29, 0.717) is 6.54 Å². The van der Waals surface area contributed by atoms with E-state index in [1.165, 1.54) is 5.56 Å². The summed E-state index contributed by atoms with van der Waals surface area (Å²) in [5.41, 5.74) is 9.74. The van der Waals surface area contributed by atoms with Gasteiger partial charge in [-0.15, -0.1) is 0 Å². The van der Waals surface area contributed by atoms with Gasteiger partial charge < -0.3 is 10.6 Å². The first-order chi connectivity index (χ1) is 12.6. The Morgan fingerprint density at radius 1 is 1.27 bits per heavy atom. The summed E-state index contributed by atoms with van der Waals surface area (Å²) in [5.74, 6) is 0.257. The summed E-state index contributed by atoms with van der Waals surface area (Å²) in [6.07, 6.45) is 6.89. The highest BCUT2D eigenvalue weighted by Gasteiger charge is 2.39. The second-order valence-electron chi connectivity index (χ2n) is 7.83. The number of aryl methyl sites for hydroxylation is 2. The largest absolute Gasteiger partial charge is 0.342 e. The summed E-state index contributed by atoms with van der Waals surface area (Å²) in [7, 11) is 1.94. The molecule has 2 heterocycles. The molecule has 1 saturated heterocycles. The maximum atomic E-state index is 13.2. The number of amides is 1. The predicted molar refractivity (Wildman–Crippen MR) is 102 cm³/mol. The summed E-state index contributed by atoms with van der Waals surface area (Å²) in [6, 6.07) is 10.5. The molecule has 5 nitrogen and oxygen atoms in total. The topological polar surface area (TPSA) is 64.2 Å². The number of rotatable bonds is 3. The maximum absolute atomic E-state index is 13.2. The molecule has 4 rings (SSSR count). The van der Waals surface area contributed by atoms with Crippen molar-refractivity contribution < 1.29 is 4.79 Å². The van der Waals surface area contributed by atoms with Crippen LogP contribution in [0.5, 0.6) is 0 Å². The number of nitrogens with two attached hydrogens (primary N) is 1. The van der Waals surface area contributed by atoms with E-state index in [-0.39, 0.29) is 17.2 Å². The molecular weight excluding hydrogens is 324 g/mol. The monoisotopic (exact) mass is 352 g/mol. The molecule has 2 aliphatic rings. The molecule has 138 valence electrons. The molecule has 0 unspecified atom stereocenters. The van der Waals surface area contributed by atoms with Crippen molar-refractivity contribution >= 4 is 5.91 Å². The first-order valence-corrected chi connectivity index (χ1v) is 9.70. The molecule has 1 aromatic heterocycles. The molecule has 1 aromatic carbocycles. The average molecular weight is 352 g/mol. The van der Waals surface area contributed by atoms with Gasteiger partial charge in [-0.05, 0) is 37.7 Å². The van der Waals surface area contributed by atoms with Crippen LogP contribution in [0.25, 0.3) is 0 Å². The van der Waals surface area contributed by atoms with E-state index >= 15 is 0 Å². The number of nitrogens with zero attached hydrogens (tertiary/aromatic N) is 3. The number of carbonyl (C=O) groups excluding carboxylic acids is 1. The van der Waals surface area contributed by atoms with E-state index in [2.05, 4.69) is 34.3 Å². The second kappa shape index (κ2) is 6.88. The van der Waals surface area contributed by atoms with Gasteiger partial charge in [0.1, 0.15) is 0 Å². The molecule has 1 amide bonds. The van der Waals surface area contributed by atoms with Crippen LogP contribution in [-0.2, 0) is 23.7 Å². The van der Waals surface area contributed by atoms with Crippen LogP contribution in [0.4, 0.5) is 0 Å². The molecule has 1 aliphatic carbocycles. The van der Waals surface area contributed by atoms with Crippen LogP contribution in [0.15, 0.2) is 36.5 Å². The molecule has 1 atom stereocenters. The van der Waals surface area contributed by atoms with Crippen LogP contribution in [0.2, 0.25) is 0 Å². The van der Waals surface area contributed by atoms with Crippen LogP contribution >= 0.6 is 0 Å². The Morgan fingerprint density at radius 3 is 2.69 bits per heavy atom. The lowest BCUT2D eigenvalue weighted by Crippen LogP contribution is -2.49. The second-order valence-corrected chi connectivity index (χ2v) is 7.83. The third-order valence-electron chi connectivity index (χ3n) is 6.33. The highest BCUT2D eigenvalue weighted by Crippen LogP contribution is 2.37. The zero-order valence-electron chi connectivity index (χ0n) is 15.5. The lowest BCUT2D eigenvalue weighted by atomic mass is 9.72. The molecule has 1 aliphatic heterocycles. The van der Waals surface area contributed by atoms with Gasteiger partial charge in [0, 0.05) is 43.9 Å². The number of fused-ring (bicyclic) bond motifs is 1. The van der Waals surface area contributed by atoms with Crippen LogP contribution in [0, 0.1) is 0 Å². The first kappa shape index (κ1) is 17.3. The highest BCUT2D eigenvalue weighted by molar-refractivity contribution is 5.84. The van der Waals surface area contributed by atoms with Crippen molar-refractivity contribution in [3.8, 4) is 0 Å². The fourth-order valence-corrected chi connectivity index (χ4v) is 4.70. The smallest absolute Gasteiger partial charge is 0.230 e. The molecule has 0 saturated carbocycles. The SMILES string of the molecule is Cn1cc2c(n1)CCC[C@H]2C(=O)N1CCC(CN)(c2ccccc2)CC1. The van der Waals surface area contributed by atoms with E-state index < -0.39 is 0 Å².